The maximum Gasteiger partial charge on any atom is 0.329 e. The van der Waals surface area contributed by atoms with Crippen molar-refractivity contribution in [2.75, 3.05) is 20.3 Å². The molecule has 1 aromatic rings. The van der Waals surface area contributed by atoms with Crippen molar-refractivity contribution in [3.63, 3.8) is 0 Å². The Morgan fingerprint density at radius 1 is 1.13 bits per heavy atom. The van der Waals surface area contributed by atoms with Crippen molar-refractivity contribution >= 4 is 23.6 Å². The zero-order valence-electron chi connectivity index (χ0n) is 18.1. The molecule has 30 heavy (non-hydrogen) atoms. The van der Waals surface area contributed by atoms with Gasteiger partial charge >= 0.3 is 5.97 Å². The summed E-state index contributed by atoms with van der Waals surface area (Å²) in [4.78, 5) is 51.5. The molecule has 2 heterocycles. The number of imide groups is 1. The summed E-state index contributed by atoms with van der Waals surface area (Å²) in [5.74, 6) is -2.28. The Kier molecular flexibility index (Phi) is 6.75. The second-order valence-corrected chi connectivity index (χ2v) is 8.18. The van der Waals surface area contributed by atoms with Crippen LogP contribution in [0.25, 0.3) is 0 Å². The highest BCUT2D eigenvalue weighted by atomic mass is 16.5. The van der Waals surface area contributed by atoms with Crippen molar-refractivity contribution in [2.45, 2.75) is 59.0 Å². The standard InChI is InChI=1S/C22H30N2O6/c1-13-11-18(14(2)23(13)9-10-29-4)19(25)12-30-22(28)15(3)24-20(26)16-7-5-6-8-17(16)21(24)27/h11,15-17H,5-10,12H2,1-4H3/t15-,16+,17+/m0/s1. The van der Waals surface area contributed by atoms with Crippen molar-refractivity contribution in [1.82, 2.24) is 9.47 Å². The Morgan fingerprint density at radius 3 is 2.30 bits per heavy atom. The third-order valence-corrected chi connectivity index (χ3v) is 6.34. The molecule has 1 aromatic heterocycles. The van der Waals surface area contributed by atoms with Crippen LogP contribution in [-0.2, 0) is 30.4 Å². The topological polar surface area (TPSA) is 94.9 Å². The molecule has 0 spiro atoms. The van der Waals surface area contributed by atoms with E-state index in [1.54, 1.807) is 13.2 Å². The Hall–Kier alpha value is -2.48. The number of esters is 1. The third kappa shape index (κ3) is 4.05. The second kappa shape index (κ2) is 9.12. The molecule has 0 radical (unpaired) electrons. The Labute approximate surface area is 176 Å². The van der Waals surface area contributed by atoms with E-state index < -0.39 is 18.6 Å². The molecule has 1 saturated heterocycles. The summed E-state index contributed by atoms with van der Waals surface area (Å²) in [6.45, 7) is 5.94. The number of hydrogen-bond donors (Lipinski definition) is 0. The summed E-state index contributed by atoms with van der Waals surface area (Å²) >= 11 is 0. The fourth-order valence-electron chi connectivity index (χ4n) is 4.62. The second-order valence-electron chi connectivity index (χ2n) is 8.18. The van der Waals surface area contributed by atoms with E-state index >= 15 is 0 Å². The molecule has 0 aromatic carbocycles. The fourth-order valence-corrected chi connectivity index (χ4v) is 4.62. The van der Waals surface area contributed by atoms with Crippen LogP contribution in [0.15, 0.2) is 6.07 Å². The molecule has 1 saturated carbocycles. The Bertz CT molecular complexity index is 834. The monoisotopic (exact) mass is 418 g/mol. The van der Waals surface area contributed by atoms with Crippen molar-refractivity contribution in [3.05, 3.63) is 23.0 Å². The lowest BCUT2D eigenvalue weighted by atomic mass is 9.81. The number of likely N-dealkylation sites (tertiary alicyclic amines) is 1. The summed E-state index contributed by atoms with van der Waals surface area (Å²) in [5.41, 5.74) is 2.19. The molecule has 2 fully saturated rings. The smallest absolute Gasteiger partial charge is 0.329 e. The number of aryl methyl sites for hydroxylation is 1. The van der Waals surface area contributed by atoms with Gasteiger partial charge in [-0.3, -0.25) is 19.3 Å². The van der Waals surface area contributed by atoms with Gasteiger partial charge in [0.2, 0.25) is 17.6 Å². The summed E-state index contributed by atoms with van der Waals surface area (Å²) in [7, 11) is 1.62. The van der Waals surface area contributed by atoms with Crippen LogP contribution in [0.5, 0.6) is 0 Å². The average molecular weight is 418 g/mol. The Balaban J connectivity index is 1.62. The SMILES string of the molecule is COCCn1c(C)cc(C(=O)COC(=O)[C@H](C)N2C(=O)[C@@H]3CCCC[C@H]3C2=O)c1C. The minimum Gasteiger partial charge on any atom is -0.456 e. The number of fused-ring (bicyclic) bond motifs is 1. The van der Waals surface area contributed by atoms with Crippen LogP contribution in [0.3, 0.4) is 0 Å². The highest BCUT2D eigenvalue weighted by Crippen LogP contribution is 2.38. The number of carbonyl (C=O) groups excluding carboxylic acids is 4. The van der Waals surface area contributed by atoms with E-state index in [2.05, 4.69) is 0 Å². The van der Waals surface area contributed by atoms with Gasteiger partial charge in [-0.1, -0.05) is 12.8 Å². The molecule has 164 valence electrons. The molecular weight excluding hydrogens is 388 g/mol. The van der Waals surface area contributed by atoms with Gasteiger partial charge in [-0.15, -0.1) is 0 Å². The molecular formula is C22H30N2O6. The van der Waals surface area contributed by atoms with Crippen molar-refractivity contribution in [1.29, 1.82) is 0 Å². The van der Waals surface area contributed by atoms with Crippen LogP contribution in [-0.4, -0.2) is 59.4 Å². The first-order valence-electron chi connectivity index (χ1n) is 10.5. The van der Waals surface area contributed by atoms with E-state index in [0.29, 0.717) is 31.6 Å². The van der Waals surface area contributed by atoms with E-state index in [1.807, 2.05) is 18.4 Å². The van der Waals surface area contributed by atoms with E-state index in [4.69, 9.17) is 9.47 Å². The van der Waals surface area contributed by atoms with Crippen molar-refractivity contribution < 1.29 is 28.7 Å². The van der Waals surface area contributed by atoms with Gasteiger partial charge in [-0.25, -0.2) is 4.79 Å². The third-order valence-electron chi connectivity index (χ3n) is 6.34. The van der Waals surface area contributed by atoms with Gasteiger partial charge in [0.05, 0.1) is 18.4 Å². The number of carbonyl (C=O) groups is 4. The van der Waals surface area contributed by atoms with Gasteiger partial charge in [0.25, 0.3) is 0 Å². The molecule has 1 aliphatic heterocycles. The molecule has 0 bridgehead atoms. The molecule has 3 atom stereocenters. The largest absolute Gasteiger partial charge is 0.456 e. The maximum atomic E-state index is 12.6. The van der Waals surface area contributed by atoms with Crippen molar-refractivity contribution in [3.8, 4) is 0 Å². The average Bonchev–Trinajstić information content (AvgIpc) is 3.16. The van der Waals surface area contributed by atoms with Gasteiger partial charge < -0.3 is 14.0 Å². The van der Waals surface area contributed by atoms with Crippen LogP contribution in [0, 0.1) is 25.7 Å². The molecule has 3 rings (SSSR count). The van der Waals surface area contributed by atoms with Gasteiger partial charge in [-0.05, 0) is 39.7 Å². The molecule has 2 amide bonds. The molecule has 0 N–H and O–H groups in total. The number of Topliss-reactive ketones (excluding diaryl/α,β-unsaturated/α-hetero) is 1. The van der Waals surface area contributed by atoms with Crippen LogP contribution in [0.4, 0.5) is 0 Å². The normalized spacial score (nSPS) is 22.2. The molecule has 8 nitrogen and oxygen atoms in total. The summed E-state index contributed by atoms with van der Waals surface area (Å²) < 4.78 is 12.3. The number of rotatable bonds is 8. The first-order valence-corrected chi connectivity index (χ1v) is 10.5. The number of hydrogen-bond acceptors (Lipinski definition) is 6. The maximum absolute atomic E-state index is 12.6. The van der Waals surface area contributed by atoms with Crippen LogP contribution in [0.1, 0.15) is 54.4 Å². The first-order chi connectivity index (χ1) is 14.3. The number of nitrogens with zero attached hydrogens (tertiary/aromatic N) is 2. The van der Waals surface area contributed by atoms with E-state index in [1.165, 1.54) is 6.92 Å². The molecule has 0 unspecified atom stereocenters. The summed E-state index contributed by atoms with van der Waals surface area (Å²) in [5, 5.41) is 0. The van der Waals surface area contributed by atoms with Gasteiger partial charge in [0.15, 0.2) is 6.61 Å². The minimum absolute atomic E-state index is 0.290. The van der Waals surface area contributed by atoms with Crippen LogP contribution >= 0.6 is 0 Å². The molecule has 8 heteroatoms. The first kappa shape index (κ1) is 22.2. The molecule has 1 aliphatic carbocycles. The van der Waals surface area contributed by atoms with Crippen molar-refractivity contribution in [2.24, 2.45) is 11.8 Å². The Morgan fingerprint density at radius 2 is 1.73 bits per heavy atom. The zero-order valence-corrected chi connectivity index (χ0v) is 18.1. The van der Waals surface area contributed by atoms with E-state index in [9.17, 15) is 19.2 Å². The predicted octanol–water partition coefficient (Wildman–Crippen LogP) is 2.04. The van der Waals surface area contributed by atoms with Gasteiger partial charge in [0, 0.05) is 30.6 Å². The summed E-state index contributed by atoms with van der Waals surface area (Å²) in [6.07, 6.45) is 3.21. The van der Waals surface area contributed by atoms with Crippen LogP contribution in [0.2, 0.25) is 0 Å². The highest BCUT2D eigenvalue weighted by Gasteiger charge is 2.51. The lowest BCUT2D eigenvalue weighted by Crippen LogP contribution is -2.44. The lowest BCUT2D eigenvalue weighted by molar-refractivity contribution is -0.157. The number of aromatic nitrogens is 1. The number of ketones is 1. The predicted molar refractivity (Wildman–Crippen MR) is 108 cm³/mol. The molecule has 2 aliphatic rings. The zero-order chi connectivity index (χ0) is 22.0. The van der Waals surface area contributed by atoms with E-state index in [-0.39, 0.29) is 29.4 Å². The van der Waals surface area contributed by atoms with Crippen LogP contribution < -0.4 is 0 Å². The van der Waals surface area contributed by atoms with Gasteiger partial charge in [0.1, 0.15) is 6.04 Å². The number of ether oxygens (including phenoxy) is 2. The van der Waals surface area contributed by atoms with Gasteiger partial charge in [-0.2, -0.15) is 0 Å². The quantitative estimate of drug-likeness (QED) is 0.364. The minimum atomic E-state index is -1.03. The number of methoxy groups -OCH3 is 1. The fraction of sp³-hybridized carbons (Fsp3) is 0.636. The number of amides is 2. The van der Waals surface area contributed by atoms with E-state index in [0.717, 1.165) is 29.1 Å². The lowest BCUT2D eigenvalue weighted by Gasteiger charge is -2.21. The highest BCUT2D eigenvalue weighted by molar-refractivity contribution is 6.08. The summed E-state index contributed by atoms with van der Waals surface area (Å²) in [6, 6.07) is 0.737.